The predicted molar refractivity (Wildman–Crippen MR) is 79.7 cm³/mol. The zero-order valence-corrected chi connectivity index (χ0v) is 12.0. The first-order valence-corrected chi connectivity index (χ1v) is 6.92. The number of aromatic amines is 1. The van der Waals surface area contributed by atoms with E-state index in [0.29, 0.717) is 11.4 Å². The Labute approximate surface area is 120 Å². The molecular formula is C15H13NO3S. The van der Waals surface area contributed by atoms with Crippen molar-refractivity contribution in [2.45, 2.75) is 6.92 Å². The normalized spacial score (nSPS) is 9.90. The number of fused-ring (bicyclic) bond motifs is 1. The highest BCUT2D eigenvalue weighted by atomic mass is 32.2. The lowest BCUT2D eigenvalue weighted by Gasteiger charge is -1.93. The van der Waals surface area contributed by atoms with Crippen LogP contribution in [-0.4, -0.2) is 28.9 Å². The molecule has 0 radical (unpaired) electrons. The number of benzene rings is 1. The Balaban J connectivity index is 2.20. The Morgan fingerprint density at radius 3 is 2.85 bits per heavy atom. The van der Waals surface area contributed by atoms with Crippen LogP contribution >= 0.6 is 11.8 Å². The molecule has 0 spiro atoms. The lowest BCUT2D eigenvalue weighted by Crippen LogP contribution is -2.00. The third-order valence-electron chi connectivity index (χ3n) is 2.61. The van der Waals surface area contributed by atoms with E-state index in [2.05, 4.69) is 21.6 Å². The summed E-state index contributed by atoms with van der Waals surface area (Å²) in [5.41, 5.74) is 2.08. The van der Waals surface area contributed by atoms with E-state index in [1.807, 2.05) is 18.2 Å². The molecule has 0 aliphatic rings. The van der Waals surface area contributed by atoms with E-state index in [9.17, 15) is 9.59 Å². The molecule has 2 rings (SSSR count). The van der Waals surface area contributed by atoms with Crippen LogP contribution in [0.15, 0.2) is 24.3 Å². The predicted octanol–water partition coefficient (Wildman–Crippen LogP) is 2.59. The molecule has 0 atom stereocenters. The Hall–Kier alpha value is -2.19. The summed E-state index contributed by atoms with van der Waals surface area (Å²) in [5.74, 6) is 5.99. The van der Waals surface area contributed by atoms with Crippen molar-refractivity contribution in [3.05, 3.63) is 35.5 Å². The van der Waals surface area contributed by atoms with Gasteiger partial charge in [-0.25, -0.2) is 4.79 Å². The van der Waals surface area contributed by atoms with Crippen LogP contribution in [0.4, 0.5) is 0 Å². The molecule has 0 aliphatic heterocycles. The second-order valence-corrected chi connectivity index (χ2v) is 5.21. The molecular weight excluding hydrogens is 274 g/mol. The van der Waals surface area contributed by atoms with Crippen molar-refractivity contribution in [2.75, 3.05) is 12.9 Å². The number of hydrogen-bond acceptors (Lipinski definition) is 4. The first-order valence-electron chi connectivity index (χ1n) is 5.93. The van der Waals surface area contributed by atoms with Crippen molar-refractivity contribution in [1.29, 1.82) is 0 Å². The number of carbonyl (C=O) groups excluding carboxylic acids is 2. The quantitative estimate of drug-likeness (QED) is 0.681. The van der Waals surface area contributed by atoms with Gasteiger partial charge in [-0.05, 0) is 18.2 Å². The lowest BCUT2D eigenvalue weighted by molar-refractivity contribution is -0.109. The molecule has 1 aromatic carbocycles. The van der Waals surface area contributed by atoms with Crippen LogP contribution in [0.25, 0.3) is 10.9 Å². The molecule has 20 heavy (non-hydrogen) atoms. The van der Waals surface area contributed by atoms with Crippen LogP contribution in [-0.2, 0) is 9.53 Å². The second-order valence-electron chi connectivity index (χ2n) is 4.06. The highest BCUT2D eigenvalue weighted by molar-refractivity contribution is 8.13. The average molecular weight is 287 g/mol. The standard InChI is InChI=1S/C15H13NO3S/c1-10(17)20-7-3-4-11-5-6-12-9-14(15(18)19-2)16-13(12)8-11/h5-6,8-9,16H,7H2,1-2H3. The molecule has 5 heteroatoms. The van der Waals surface area contributed by atoms with Gasteiger partial charge in [0.25, 0.3) is 0 Å². The summed E-state index contributed by atoms with van der Waals surface area (Å²) in [6.07, 6.45) is 0. The molecule has 0 saturated heterocycles. The number of aromatic nitrogens is 1. The molecule has 1 N–H and O–H groups in total. The summed E-state index contributed by atoms with van der Waals surface area (Å²) in [5, 5.41) is 0.982. The minimum absolute atomic E-state index is 0.0573. The largest absolute Gasteiger partial charge is 0.464 e. The van der Waals surface area contributed by atoms with Gasteiger partial charge in [0.2, 0.25) is 0 Å². The number of ether oxygens (including phenoxy) is 1. The fourth-order valence-corrected chi connectivity index (χ4v) is 2.05. The van der Waals surface area contributed by atoms with Gasteiger partial charge in [0, 0.05) is 23.4 Å². The average Bonchev–Trinajstić information content (AvgIpc) is 2.85. The Morgan fingerprint density at radius 2 is 2.15 bits per heavy atom. The summed E-state index contributed by atoms with van der Waals surface area (Å²) >= 11 is 1.18. The minimum atomic E-state index is -0.397. The number of esters is 1. The maximum absolute atomic E-state index is 11.4. The third-order valence-corrected chi connectivity index (χ3v) is 3.30. The van der Waals surface area contributed by atoms with E-state index >= 15 is 0 Å². The van der Waals surface area contributed by atoms with Gasteiger partial charge in [0.05, 0.1) is 12.9 Å². The van der Waals surface area contributed by atoms with Crippen molar-refractivity contribution in [2.24, 2.45) is 0 Å². The lowest BCUT2D eigenvalue weighted by atomic mass is 10.2. The molecule has 0 bridgehead atoms. The van der Waals surface area contributed by atoms with Crippen molar-refractivity contribution in [3.8, 4) is 11.8 Å². The van der Waals surface area contributed by atoms with Gasteiger partial charge in [0.15, 0.2) is 5.12 Å². The van der Waals surface area contributed by atoms with E-state index in [-0.39, 0.29) is 5.12 Å². The molecule has 102 valence electrons. The molecule has 0 unspecified atom stereocenters. The van der Waals surface area contributed by atoms with Crippen LogP contribution in [0.5, 0.6) is 0 Å². The van der Waals surface area contributed by atoms with Crippen molar-refractivity contribution >= 4 is 33.7 Å². The van der Waals surface area contributed by atoms with Gasteiger partial charge in [-0.3, -0.25) is 4.79 Å². The topological polar surface area (TPSA) is 59.2 Å². The zero-order valence-electron chi connectivity index (χ0n) is 11.1. The first kappa shape index (κ1) is 14.2. The number of H-pyrrole nitrogens is 1. The summed E-state index contributed by atoms with van der Waals surface area (Å²) < 4.78 is 4.67. The van der Waals surface area contributed by atoms with E-state index in [4.69, 9.17) is 0 Å². The Bertz CT molecular complexity index is 722. The van der Waals surface area contributed by atoms with Crippen LogP contribution in [0.2, 0.25) is 0 Å². The zero-order chi connectivity index (χ0) is 14.5. The Morgan fingerprint density at radius 1 is 1.35 bits per heavy atom. The number of nitrogens with one attached hydrogen (secondary N) is 1. The van der Waals surface area contributed by atoms with Gasteiger partial charge in [0.1, 0.15) is 5.69 Å². The second kappa shape index (κ2) is 6.31. The Kier molecular flexibility index (Phi) is 4.49. The fourth-order valence-electron chi connectivity index (χ4n) is 1.70. The van der Waals surface area contributed by atoms with Gasteiger partial charge in [-0.2, -0.15) is 0 Å². The van der Waals surface area contributed by atoms with Gasteiger partial charge in [-0.15, -0.1) is 0 Å². The van der Waals surface area contributed by atoms with Gasteiger partial charge in [-0.1, -0.05) is 29.7 Å². The number of hydrogen-bond donors (Lipinski definition) is 1. The molecule has 2 aromatic rings. The van der Waals surface area contributed by atoms with E-state index in [0.717, 1.165) is 16.5 Å². The fraction of sp³-hybridized carbons (Fsp3) is 0.200. The van der Waals surface area contributed by atoms with Crippen LogP contribution in [0, 0.1) is 11.8 Å². The maximum atomic E-state index is 11.4. The van der Waals surface area contributed by atoms with Gasteiger partial charge < -0.3 is 9.72 Å². The molecule has 1 heterocycles. The first-order chi connectivity index (χ1) is 9.60. The number of rotatable bonds is 2. The molecule has 0 aliphatic carbocycles. The van der Waals surface area contributed by atoms with Crippen LogP contribution in [0.3, 0.4) is 0 Å². The van der Waals surface area contributed by atoms with Gasteiger partial charge >= 0.3 is 5.97 Å². The SMILES string of the molecule is COC(=O)c1cc2ccc(C#CCSC(C)=O)cc2[nH]1. The molecule has 1 aromatic heterocycles. The number of methoxy groups -OCH3 is 1. The molecule has 4 nitrogen and oxygen atoms in total. The molecule has 0 fully saturated rings. The number of thioether (sulfide) groups is 1. The molecule has 0 amide bonds. The smallest absolute Gasteiger partial charge is 0.354 e. The van der Waals surface area contributed by atoms with Crippen LogP contribution < -0.4 is 0 Å². The van der Waals surface area contributed by atoms with Crippen LogP contribution in [0.1, 0.15) is 23.0 Å². The van der Waals surface area contributed by atoms with E-state index in [1.54, 1.807) is 6.07 Å². The van der Waals surface area contributed by atoms with Crippen molar-refractivity contribution in [3.63, 3.8) is 0 Å². The van der Waals surface area contributed by atoms with Crippen molar-refractivity contribution < 1.29 is 14.3 Å². The number of carbonyl (C=O) groups is 2. The minimum Gasteiger partial charge on any atom is -0.464 e. The summed E-state index contributed by atoms with van der Waals surface area (Å²) in [4.78, 5) is 25.2. The van der Waals surface area contributed by atoms with Crippen molar-refractivity contribution in [1.82, 2.24) is 4.98 Å². The maximum Gasteiger partial charge on any atom is 0.354 e. The third kappa shape index (κ3) is 3.43. The highest BCUT2D eigenvalue weighted by Crippen LogP contribution is 2.17. The summed E-state index contributed by atoms with van der Waals surface area (Å²) in [7, 11) is 1.34. The monoisotopic (exact) mass is 287 g/mol. The highest BCUT2D eigenvalue weighted by Gasteiger charge is 2.08. The molecule has 0 saturated carbocycles. The summed E-state index contributed by atoms with van der Waals surface area (Å²) in [6.45, 7) is 1.52. The van der Waals surface area contributed by atoms with E-state index in [1.165, 1.54) is 25.8 Å². The van der Waals surface area contributed by atoms with E-state index < -0.39 is 5.97 Å². The summed E-state index contributed by atoms with van der Waals surface area (Å²) in [6, 6.07) is 7.38.